The summed E-state index contributed by atoms with van der Waals surface area (Å²) in [5.74, 6) is 2.13. The Morgan fingerprint density at radius 1 is 0.191 bits per heavy atom. The van der Waals surface area contributed by atoms with Gasteiger partial charge in [0.1, 0.15) is 0 Å². The van der Waals surface area contributed by atoms with E-state index in [1.165, 1.54) is 43.4 Å². The lowest BCUT2D eigenvalue weighted by molar-refractivity contribution is 0.935. The minimum atomic E-state index is 0.486. The van der Waals surface area contributed by atoms with Crippen molar-refractivity contribution in [2.24, 2.45) is 0 Å². The molecule has 0 unspecified atom stereocenters. The molecule has 0 bridgehead atoms. The predicted molar refractivity (Wildman–Crippen MR) is 473 cm³/mol. The standard InChI is InChI=1S/C105H64N10/c1-4-27-65(28-5-1)88-63-89(66-29-6-2-7-30-66)107-104(106-88)114-95-49-24-17-42-81(95)86-59-69(53-56-98(86)114)67-31-26-32-71(57-67)103-108-102(62-84-74-36-11-10-35-73(74)83-58-68(51-54-75(83)84)70-52-55-97-85(60-70)80-41-16-19-44-90(80)111(97)72-33-8-3-9-34-72)109-105(110-103)115-96-50-25-18-43-82(96)87-61-100(112-91-45-20-12-37-76(91)77-38-13-21-46-92(77)112)101(64-99(87)115)113-93-47-22-14-39-78(93)79-40-15-23-48-94(79)113/h1-64H. The Bertz CT molecular complexity index is 7870. The van der Waals surface area contributed by atoms with Crippen LogP contribution in [0.4, 0.5) is 0 Å². The Kier molecular flexibility index (Phi) is 14.2. The van der Waals surface area contributed by atoms with E-state index in [1.807, 2.05) is 12.1 Å². The minimum absolute atomic E-state index is 0.486. The van der Waals surface area contributed by atoms with Gasteiger partial charge in [-0.05, 0) is 165 Å². The highest BCUT2D eigenvalue weighted by molar-refractivity contribution is 6.17. The first-order valence-electron chi connectivity index (χ1n) is 39.0. The number of rotatable bonds is 11. The fraction of sp³-hybridized carbons (Fsp3) is 0. The van der Waals surface area contributed by atoms with E-state index in [4.69, 9.17) is 24.9 Å². The van der Waals surface area contributed by atoms with Crippen molar-refractivity contribution >= 4 is 121 Å². The summed E-state index contributed by atoms with van der Waals surface area (Å²) in [5, 5.41) is 11.4. The van der Waals surface area contributed by atoms with Gasteiger partial charge in [0.25, 0.3) is 0 Å². The number of hydrogen-bond acceptors (Lipinski definition) is 5. The second-order valence-corrected chi connectivity index (χ2v) is 29.9. The van der Waals surface area contributed by atoms with Gasteiger partial charge in [-0.2, -0.15) is 9.97 Å². The number of aromatic nitrogens is 10. The molecule has 0 fully saturated rings. The monoisotopic (exact) mass is 1460 g/mol. The number of hydrogen-bond donors (Lipinski definition) is 0. The van der Waals surface area contributed by atoms with Crippen molar-refractivity contribution in [1.29, 1.82) is 0 Å². The van der Waals surface area contributed by atoms with E-state index in [0.29, 0.717) is 23.5 Å². The summed E-state index contributed by atoms with van der Waals surface area (Å²) in [5.41, 5.74) is 28.3. The lowest BCUT2D eigenvalue weighted by Crippen LogP contribution is -2.08. The average molecular weight is 1470 g/mol. The summed E-state index contributed by atoms with van der Waals surface area (Å²) < 4.78 is 11.8. The van der Waals surface area contributed by atoms with Crippen molar-refractivity contribution in [1.82, 2.24) is 47.8 Å². The molecular formula is C105H64N10. The van der Waals surface area contributed by atoms with Gasteiger partial charge in [0, 0.05) is 76.2 Å². The molecule has 0 saturated heterocycles. The first-order chi connectivity index (χ1) is 57.0. The summed E-state index contributed by atoms with van der Waals surface area (Å²) in [6, 6.07) is 138. The van der Waals surface area contributed by atoms with E-state index >= 15 is 0 Å². The van der Waals surface area contributed by atoms with Crippen molar-refractivity contribution < 1.29 is 0 Å². The molecule has 0 amide bonds. The molecule has 0 atom stereocenters. The molecule has 7 heterocycles. The van der Waals surface area contributed by atoms with Crippen molar-refractivity contribution in [3.8, 4) is 96.2 Å². The molecule has 0 radical (unpaired) electrons. The topological polar surface area (TPSA) is 89.1 Å². The molecule has 10 heteroatoms. The summed E-state index contributed by atoms with van der Waals surface area (Å²) in [7, 11) is 0. The van der Waals surface area contributed by atoms with Gasteiger partial charge in [0.05, 0.1) is 77.9 Å². The van der Waals surface area contributed by atoms with E-state index in [2.05, 4.69) is 399 Å². The van der Waals surface area contributed by atoms with Crippen molar-refractivity contribution in [3.05, 3.63) is 399 Å². The van der Waals surface area contributed by atoms with Crippen LogP contribution in [0.1, 0.15) is 17.0 Å². The highest BCUT2D eigenvalue weighted by Crippen LogP contribution is 2.49. The molecular weight excluding hydrogens is 1400 g/mol. The normalized spacial score (nSPS) is 12.5. The Labute approximate surface area is 659 Å². The summed E-state index contributed by atoms with van der Waals surface area (Å²) in [6.45, 7) is 0. The predicted octanol–water partition coefficient (Wildman–Crippen LogP) is 26.1. The van der Waals surface area contributed by atoms with Crippen LogP contribution in [0.15, 0.2) is 382 Å². The Morgan fingerprint density at radius 3 is 1.10 bits per heavy atom. The number of para-hydroxylation sites is 8. The van der Waals surface area contributed by atoms with Gasteiger partial charge in [0.2, 0.25) is 11.9 Å². The van der Waals surface area contributed by atoms with Gasteiger partial charge >= 0.3 is 0 Å². The minimum Gasteiger partial charge on any atom is -0.309 e. The van der Waals surface area contributed by atoms with E-state index in [9.17, 15) is 0 Å². The zero-order chi connectivity index (χ0) is 75.3. The maximum atomic E-state index is 5.76. The van der Waals surface area contributed by atoms with Crippen LogP contribution in [-0.2, 0) is 0 Å². The highest BCUT2D eigenvalue weighted by Gasteiger charge is 2.29. The Morgan fingerprint density at radius 2 is 0.557 bits per heavy atom. The quantitative estimate of drug-likeness (QED) is 0.129. The Hall–Kier alpha value is -15.7. The van der Waals surface area contributed by atoms with Gasteiger partial charge < -0.3 is 13.7 Å². The van der Waals surface area contributed by atoms with Crippen LogP contribution in [-0.4, -0.2) is 47.8 Å². The van der Waals surface area contributed by atoms with Crippen molar-refractivity contribution in [3.63, 3.8) is 0 Å². The Balaban J connectivity index is 0.714. The highest BCUT2D eigenvalue weighted by atomic mass is 15.2. The number of fused-ring (bicyclic) bond motifs is 18. The zero-order valence-corrected chi connectivity index (χ0v) is 61.9. The lowest BCUT2D eigenvalue weighted by atomic mass is 9.97. The molecule has 0 saturated carbocycles. The molecule has 23 aromatic rings. The van der Waals surface area contributed by atoms with Crippen LogP contribution in [0.5, 0.6) is 0 Å². The van der Waals surface area contributed by atoms with Crippen LogP contribution in [0, 0.1) is 0 Å². The molecule has 24 rings (SSSR count). The third kappa shape index (κ3) is 10.1. The molecule has 7 aromatic heterocycles. The van der Waals surface area contributed by atoms with E-state index in [0.717, 1.165) is 161 Å². The molecule has 10 nitrogen and oxygen atoms in total. The van der Waals surface area contributed by atoms with Crippen molar-refractivity contribution in [2.45, 2.75) is 0 Å². The second-order valence-electron chi connectivity index (χ2n) is 29.9. The molecule has 16 aromatic carbocycles. The summed E-state index contributed by atoms with van der Waals surface area (Å²) >= 11 is 0. The summed E-state index contributed by atoms with van der Waals surface area (Å²) in [6.07, 6.45) is 2.19. The molecule has 534 valence electrons. The van der Waals surface area contributed by atoms with Crippen LogP contribution >= 0.6 is 0 Å². The van der Waals surface area contributed by atoms with Gasteiger partial charge in [0.15, 0.2) is 11.6 Å². The molecule has 0 aliphatic heterocycles. The SMILES string of the molecule is C(=C1c2ccccc2-c2cc(-c3ccc4c(c3)c3ccccc3n4-c3ccccc3)ccc21)c1nc(-c2cccc(-c3ccc4c(c3)c3ccccc3n4-c3nc(-c4ccccc4)cc(-c4ccccc4)n3)c2)nc(-n2c3ccccc3c3cc(-n4c5ccccc5c5ccccc54)c(-n4c5ccccc5c5ccccc54)cc32)n1. The van der Waals surface area contributed by atoms with Crippen LogP contribution < -0.4 is 0 Å². The van der Waals surface area contributed by atoms with Crippen LogP contribution in [0.25, 0.3) is 217 Å². The summed E-state index contributed by atoms with van der Waals surface area (Å²) in [4.78, 5) is 27.9. The third-order valence-electron chi connectivity index (χ3n) is 23.5. The van der Waals surface area contributed by atoms with Gasteiger partial charge in [-0.25, -0.2) is 15.0 Å². The van der Waals surface area contributed by atoms with E-state index in [1.54, 1.807) is 0 Å². The molecule has 115 heavy (non-hydrogen) atoms. The first-order valence-corrected chi connectivity index (χ1v) is 39.0. The number of benzene rings is 16. The van der Waals surface area contributed by atoms with E-state index < -0.39 is 0 Å². The van der Waals surface area contributed by atoms with Gasteiger partial charge in [-0.1, -0.05) is 273 Å². The fourth-order valence-corrected chi connectivity index (χ4v) is 18.4. The van der Waals surface area contributed by atoms with Gasteiger partial charge in [-0.3, -0.25) is 9.13 Å². The molecule has 0 spiro atoms. The maximum Gasteiger partial charge on any atom is 0.238 e. The fourth-order valence-electron chi connectivity index (χ4n) is 18.4. The third-order valence-corrected chi connectivity index (χ3v) is 23.5. The largest absolute Gasteiger partial charge is 0.309 e. The smallest absolute Gasteiger partial charge is 0.238 e. The van der Waals surface area contributed by atoms with Crippen LogP contribution in [0.2, 0.25) is 0 Å². The number of nitrogens with zero attached hydrogens (tertiary/aromatic N) is 10. The molecule has 0 N–H and O–H groups in total. The lowest BCUT2D eigenvalue weighted by Gasteiger charge is -2.18. The second kappa shape index (κ2) is 25.5. The molecule has 1 aliphatic rings. The van der Waals surface area contributed by atoms with E-state index in [-0.39, 0.29) is 0 Å². The van der Waals surface area contributed by atoms with Crippen LogP contribution in [0.3, 0.4) is 0 Å². The van der Waals surface area contributed by atoms with Crippen molar-refractivity contribution in [2.75, 3.05) is 0 Å². The zero-order valence-electron chi connectivity index (χ0n) is 61.9. The van der Waals surface area contributed by atoms with Gasteiger partial charge in [-0.15, -0.1) is 0 Å². The first kappa shape index (κ1) is 64.2. The average Bonchev–Trinajstić information content (AvgIpc) is 1.56. The maximum absolute atomic E-state index is 5.76. The molecule has 1 aliphatic carbocycles.